The van der Waals surface area contributed by atoms with E-state index in [0.29, 0.717) is 51.6 Å². The zero-order valence-electron chi connectivity index (χ0n) is 17.1. The average Bonchev–Trinajstić information content (AvgIpc) is 3.35. The number of carbonyl (C=O) groups excluding carboxylic acids is 3. The van der Waals surface area contributed by atoms with Gasteiger partial charge in [-0.2, -0.15) is 0 Å². The molecular formula is C20H31IN4O4. The number of hydrogen-bond acceptors (Lipinski definition) is 5. The summed E-state index contributed by atoms with van der Waals surface area (Å²) in [4.78, 5) is 42.5. The molecule has 1 heterocycles. The van der Waals surface area contributed by atoms with Crippen LogP contribution in [0, 0.1) is 23.7 Å². The van der Waals surface area contributed by atoms with Crippen molar-refractivity contribution in [2.45, 2.75) is 33.1 Å². The minimum atomic E-state index is -0.212. The zero-order chi connectivity index (χ0) is 20.1. The predicted octanol–water partition coefficient (Wildman–Crippen LogP) is 1.31. The zero-order valence-corrected chi connectivity index (χ0v) is 19.4. The van der Waals surface area contributed by atoms with Crippen LogP contribution >= 0.6 is 24.0 Å². The first-order valence-corrected chi connectivity index (χ1v) is 10.3. The third-order valence-corrected chi connectivity index (χ3v) is 5.65. The van der Waals surface area contributed by atoms with Crippen LogP contribution in [0.2, 0.25) is 0 Å². The molecule has 162 valence electrons. The van der Waals surface area contributed by atoms with Crippen LogP contribution in [0.25, 0.3) is 0 Å². The van der Waals surface area contributed by atoms with Gasteiger partial charge in [-0.3, -0.25) is 24.3 Å². The second-order valence-electron chi connectivity index (χ2n) is 7.42. The minimum Gasteiger partial charge on any atom is -0.466 e. The third kappa shape index (κ3) is 5.29. The molecule has 8 nitrogen and oxygen atoms in total. The fraction of sp³-hybridized carbons (Fsp3) is 0.700. The Morgan fingerprint density at radius 3 is 2.41 bits per heavy atom. The first-order chi connectivity index (χ1) is 13.6. The number of nitrogens with zero attached hydrogens (tertiary/aromatic N) is 2. The second kappa shape index (κ2) is 10.9. The smallest absolute Gasteiger partial charge is 0.305 e. The number of aliphatic imine (C=N–C) groups is 1. The lowest BCUT2D eigenvalue weighted by Crippen LogP contribution is -2.43. The van der Waals surface area contributed by atoms with Gasteiger partial charge in [0.1, 0.15) is 0 Å². The molecule has 1 aliphatic heterocycles. The summed E-state index contributed by atoms with van der Waals surface area (Å²) in [5.41, 5.74) is 0. The number of likely N-dealkylation sites (tertiary alicyclic amines) is 1. The molecule has 3 aliphatic rings. The Labute approximate surface area is 188 Å². The summed E-state index contributed by atoms with van der Waals surface area (Å²) in [5, 5.41) is 6.30. The quantitative estimate of drug-likeness (QED) is 0.0909. The molecule has 0 aromatic rings. The summed E-state index contributed by atoms with van der Waals surface area (Å²) < 4.78 is 4.90. The molecular weight excluding hydrogens is 487 g/mol. The van der Waals surface area contributed by atoms with Gasteiger partial charge < -0.3 is 15.4 Å². The molecule has 2 aliphatic carbocycles. The van der Waals surface area contributed by atoms with E-state index in [1.54, 1.807) is 6.92 Å². The SMILES string of the molecule is CCNC(=NCCCC(=O)OCC)NCCN1C(=O)C2C3C=CC(C3)C2C1=O.I. The van der Waals surface area contributed by atoms with Crippen LogP contribution < -0.4 is 10.6 Å². The fourth-order valence-corrected chi connectivity index (χ4v) is 4.46. The number of nitrogens with one attached hydrogen (secondary N) is 2. The Morgan fingerprint density at radius 2 is 1.83 bits per heavy atom. The number of esters is 1. The first-order valence-electron chi connectivity index (χ1n) is 10.3. The van der Waals surface area contributed by atoms with Gasteiger partial charge in [-0.1, -0.05) is 12.2 Å². The van der Waals surface area contributed by atoms with Crippen molar-refractivity contribution >= 4 is 47.7 Å². The summed E-state index contributed by atoms with van der Waals surface area (Å²) in [6.07, 6.45) is 6.10. The van der Waals surface area contributed by atoms with E-state index in [1.165, 1.54) is 4.90 Å². The molecule has 1 saturated heterocycles. The van der Waals surface area contributed by atoms with E-state index in [-0.39, 0.29) is 65.4 Å². The van der Waals surface area contributed by atoms with Crippen LogP contribution in [-0.2, 0) is 19.1 Å². The van der Waals surface area contributed by atoms with Gasteiger partial charge in [-0.25, -0.2) is 0 Å². The molecule has 0 aromatic heterocycles. The number of halogens is 1. The van der Waals surface area contributed by atoms with Crippen LogP contribution in [0.1, 0.15) is 33.1 Å². The molecule has 1 saturated carbocycles. The molecule has 2 fully saturated rings. The maximum atomic E-state index is 12.7. The molecule has 2 N–H and O–H groups in total. The Bertz CT molecular complexity index is 651. The summed E-state index contributed by atoms with van der Waals surface area (Å²) in [6, 6.07) is 0. The fourth-order valence-electron chi connectivity index (χ4n) is 4.46. The molecule has 2 bridgehead atoms. The second-order valence-corrected chi connectivity index (χ2v) is 7.42. The number of allylic oxidation sites excluding steroid dienone is 2. The highest BCUT2D eigenvalue weighted by Crippen LogP contribution is 2.52. The lowest BCUT2D eigenvalue weighted by atomic mass is 9.85. The highest BCUT2D eigenvalue weighted by Gasteiger charge is 2.58. The van der Waals surface area contributed by atoms with Crippen molar-refractivity contribution in [3.05, 3.63) is 12.2 Å². The number of carbonyl (C=O) groups is 3. The van der Waals surface area contributed by atoms with Crippen molar-refractivity contribution in [1.29, 1.82) is 0 Å². The molecule has 9 heteroatoms. The van der Waals surface area contributed by atoms with Gasteiger partial charge >= 0.3 is 5.97 Å². The van der Waals surface area contributed by atoms with Crippen molar-refractivity contribution in [1.82, 2.24) is 15.5 Å². The number of hydrogen-bond donors (Lipinski definition) is 2. The van der Waals surface area contributed by atoms with E-state index in [0.717, 1.165) is 6.42 Å². The minimum absolute atomic E-state index is 0. The van der Waals surface area contributed by atoms with E-state index < -0.39 is 0 Å². The van der Waals surface area contributed by atoms with Gasteiger partial charge in [-0.15, -0.1) is 24.0 Å². The number of guanidine groups is 1. The van der Waals surface area contributed by atoms with Crippen molar-refractivity contribution in [3.63, 3.8) is 0 Å². The topological polar surface area (TPSA) is 100 Å². The molecule has 0 spiro atoms. The van der Waals surface area contributed by atoms with Crippen molar-refractivity contribution in [3.8, 4) is 0 Å². The number of amides is 2. The van der Waals surface area contributed by atoms with Crippen LogP contribution in [0.4, 0.5) is 0 Å². The normalized spacial score (nSPS) is 27.1. The van der Waals surface area contributed by atoms with Gasteiger partial charge in [0.2, 0.25) is 11.8 Å². The lowest BCUT2D eigenvalue weighted by Gasteiger charge is -2.18. The molecule has 2 amide bonds. The van der Waals surface area contributed by atoms with E-state index in [2.05, 4.69) is 27.8 Å². The van der Waals surface area contributed by atoms with Crippen molar-refractivity contribution in [2.24, 2.45) is 28.7 Å². The van der Waals surface area contributed by atoms with Gasteiger partial charge in [-0.05, 0) is 38.5 Å². The maximum Gasteiger partial charge on any atom is 0.305 e. The monoisotopic (exact) mass is 518 g/mol. The number of ether oxygens (including phenoxy) is 1. The molecule has 4 atom stereocenters. The number of rotatable bonds is 9. The predicted molar refractivity (Wildman–Crippen MR) is 120 cm³/mol. The van der Waals surface area contributed by atoms with Crippen LogP contribution in [0.5, 0.6) is 0 Å². The van der Waals surface area contributed by atoms with Crippen molar-refractivity contribution < 1.29 is 19.1 Å². The third-order valence-electron chi connectivity index (χ3n) is 5.65. The van der Waals surface area contributed by atoms with Crippen LogP contribution in [0.3, 0.4) is 0 Å². The maximum absolute atomic E-state index is 12.7. The Hall–Kier alpha value is -1.65. The standard InChI is InChI=1S/C20H30N4O4.HI/c1-3-21-20(22-9-5-6-15(25)28-4-2)23-10-11-24-18(26)16-13-7-8-14(12-13)17(16)19(24)27;/h7-8,13-14,16-17H,3-6,9-12H2,1-2H3,(H2,21,22,23);1H. The van der Waals surface area contributed by atoms with Gasteiger partial charge in [0.25, 0.3) is 0 Å². The summed E-state index contributed by atoms with van der Waals surface area (Å²) >= 11 is 0. The van der Waals surface area contributed by atoms with E-state index >= 15 is 0 Å². The molecule has 0 radical (unpaired) electrons. The van der Waals surface area contributed by atoms with Crippen LogP contribution in [0.15, 0.2) is 17.1 Å². The van der Waals surface area contributed by atoms with Gasteiger partial charge in [0, 0.05) is 32.6 Å². The molecule has 0 aromatic carbocycles. The largest absolute Gasteiger partial charge is 0.466 e. The first kappa shape index (κ1) is 23.6. The average molecular weight is 518 g/mol. The van der Waals surface area contributed by atoms with Gasteiger partial charge in [0.15, 0.2) is 5.96 Å². The molecule has 3 rings (SSSR count). The molecule has 29 heavy (non-hydrogen) atoms. The lowest BCUT2D eigenvalue weighted by molar-refractivity contribution is -0.143. The van der Waals surface area contributed by atoms with Gasteiger partial charge in [0.05, 0.1) is 18.4 Å². The number of fused-ring (bicyclic) bond motifs is 5. The van der Waals surface area contributed by atoms with Crippen LogP contribution in [-0.4, -0.2) is 61.4 Å². The Kier molecular flexibility index (Phi) is 8.91. The highest BCUT2D eigenvalue weighted by molar-refractivity contribution is 14.0. The Morgan fingerprint density at radius 1 is 1.17 bits per heavy atom. The highest BCUT2D eigenvalue weighted by atomic mass is 127. The van der Waals surface area contributed by atoms with E-state index in [1.807, 2.05) is 6.92 Å². The molecule has 4 unspecified atom stereocenters. The number of imide groups is 1. The Balaban J connectivity index is 0.00000300. The summed E-state index contributed by atoms with van der Waals surface area (Å²) in [6.45, 7) is 6.13. The summed E-state index contributed by atoms with van der Waals surface area (Å²) in [7, 11) is 0. The summed E-state index contributed by atoms with van der Waals surface area (Å²) in [5.74, 6) is 0.545. The van der Waals surface area contributed by atoms with E-state index in [4.69, 9.17) is 4.74 Å². The van der Waals surface area contributed by atoms with E-state index in [9.17, 15) is 14.4 Å². The van der Waals surface area contributed by atoms with Crippen molar-refractivity contribution in [2.75, 3.05) is 32.8 Å².